The first-order chi connectivity index (χ1) is 14.2. The summed E-state index contributed by atoms with van der Waals surface area (Å²) in [7, 11) is 0. The summed E-state index contributed by atoms with van der Waals surface area (Å²) in [5.74, 6) is 0.00805. The largest absolute Gasteiger partial charge is 0.326 e. The quantitative estimate of drug-likeness (QED) is 0.523. The van der Waals surface area contributed by atoms with E-state index in [1.54, 1.807) is 23.0 Å². The van der Waals surface area contributed by atoms with Gasteiger partial charge < -0.3 is 5.32 Å². The first-order valence-electron chi connectivity index (χ1n) is 9.11. The molecule has 4 aromatic rings. The lowest BCUT2D eigenvalue weighted by molar-refractivity contribution is -0.116. The third-order valence-electron chi connectivity index (χ3n) is 4.22. The minimum atomic E-state index is -0.317. The van der Waals surface area contributed by atoms with Gasteiger partial charge >= 0.3 is 0 Å². The first-order valence-corrected chi connectivity index (χ1v) is 9.11. The Kier molecular flexibility index (Phi) is 5.37. The van der Waals surface area contributed by atoms with Crippen LogP contribution in [0, 0.1) is 5.82 Å². The van der Waals surface area contributed by atoms with Crippen molar-refractivity contribution in [2.45, 2.75) is 19.4 Å². The van der Waals surface area contributed by atoms with Crippen LogP contribution in [0.5, 0.6) is 0 Å². The summed E-state index contributed by atoms with van der Waals surface area (Å²) in [6, 6.07) is 15.2. The number of hydrogen-bond acceptors (Lipinski definition) is 5. The number of hydrogen-bond donors (Lipinski definition) is 1. The number of carbonyl (C=O) groups excluding carboxylic acids is 1. The standard InChI is InChI=1S/C20H18FN7O/c21-16-9-7-15(8-10-16)20-24-26-28(25-20)13-2-6-19(29)23-17-4-1-5-18(14-17)27-12-3-11-22-27/h1,3-5,7-12,14H,2,6,13H2,(H,23,29). The molecule has 1 amide bonds. The molecule has 0 fully saturated rings. The monoisotopic (exact) mass is 391 g/mol. The molecule has 0 bridgehead atoms. The molecule has 29 heavy (non-hydrogen) atoms. The van der Waals surface area contributed by atoms with Gasteiger partial charge in [-0.3, -0.25) is 4.79 Å². The fraction of sp³-hybridized carbons (Fsp3) is 0.150. The molecular formula is C20H18FN7O. The normalized spacial score (nSPS) is 10.8. The zero-order valence-electron chi connectivity index (χ0n) is 15.4. The number of aromatic nitrogens is 6. The van der Waals surface area contributed by atoms with Crippen LogP contribution in [-0.4, -0.2) is 35.9 Å². The molecule has 2 heterocycles. The molecular weight excluding hydrogens is 373 g/mol. The molecule has 0 radical (unpaired) electrons. The van der Waals surface area contributed by atoms with E-state index in [4.69, 9.17) is 0 Å². The van der Waals surface area contributed by atoms with Gasteiger partial charge in [-0.15, -0.1) is 10.2 Å². The van der Waals surface area contributed by atoms with Crippen molar-refractivity contribution in [1.82, 2.24) is 30.0 Å². The Hall–Kier alpha value is -3.88. The maximum Gasteiger partial charge on any atom is 0.224 e. The van der Waals surface area contributed by atoms with E-state index < -0.39 is 0 Å². The number of nitrogens with zero attached hydrogens (tertiary/aromatic N) is 6. The summed E-state index contributed by atoms with van der Waals surface area (Å²) in [4.78, 5) is 13.7. The summed E-state index contributed by atoms with van der Waals surface area (Å²) in [6.45, 7) is 0.453. The Balaban J connectivity index is 1.28. The topological polar surface area (TPSA) is 90.5 Å². The molecule has 0 aliphatic carbocycles. The first kappa shape index (κ1) is 18.5. The second-order valence-corrected chi connectivity index (χ2v) is 6.37. The van der Waals surface area contributed by atoms with Gasteiger partial charge in [-0.2, -0.15) is 9.90 Å². The van der Waals surface area contributed by atoms with Gasteiger partial charge in [0.15, 0.2) is 0 Å². The van der Waals surface area contributed by atoms with Crippen molar-refractivity contribution < 1.29 is 9.18 Å². The summed E-state index contributed by atoms with van der Waals surface area (Å²) >= 11 is 0. The lowest BCUT2D eigenvalue weighted by Gasteiger charge is -2.07. The maximum atomic E-state index is 13.0. The number of aryl methyl sites for hydroxylation is 1. The molecule has 2 aromatic heterocycles. The molecule has 0 saturated heterocycles. The fourth-order valence-electron chi connectivity index (χ4n) is 2.80. The summed E-state index contributed by atoms with van der Waals surface area (Å²) < 4.78 is 14.7. The molecule has 0 unspecified atom stereocenters. The zero-order chi connectivity index (χ0) is 20.1. The number of rotatable bonds is 7. The molecule has 0 atom stereocenters. The minimum Gasteiger partial charge on any atom is -0.326 e. The summed E-state index contributed by atoms with van der Waals surface area (Å²) in [6.07, 6.45) is 4.42. The van der Waals surface area contributed by atoms with Crippen molar-refractivity contribution in [2.75, 3.05) is 5.32 Å². The average molecular weight is 391 g/mol. The molecule has 146 valence electrons. The van der Waals surface area contributed by atoms with Crippen molar-refractivity contribution >= 4 is 11.6 Å². The number of halogens is 1. The van der Waals surface area contributed by atoms with Crippen molar-refractivity contribution in [2.24, 2.45) is 0 Å². The van der Waals surface area contributed by atoms with Crippen LogP contribution in [0.25, 0.3) is 17.1 Å². The summed E-state index contributed by atoms with van der Waals surface area (Å²) in [5, 5.41) is 19.3. The van der Waals surface area contributed by atoms with E-state index in [0.717, 1.165) is 5.69 Å². The van der Waals surface area contributed by atoms with Gasteiger partial charge in [0.2, 0.25) is 11.7 Å². The third kappa shape index (κ3) is 4.70. The van der Waals surface area contributed by atoms with Gasteiger partial charge in [0.05, 0.1) is 12.2 Å². The highest BCUT2D eigenvalue weighted by Gasteiger charge is 2.08. The Morgan fingerprint density at radius 3 is 2.76 bits per heavy atom. The van der Waals surface area contributed by atoms with Gasteiger partial charge in [0.1, 0.15) is 5.82 Å². The molecule has 0 saturated carbocycles. The maximum absolute atomic E-state index is 13.0. The molecule has 0 aliphatic heterocycles. The van der Waals surface area contributed by atoms with E-state index in [2.05, 4.69) is 25.8 Å². The Morgan fingerprint density at radius 1 is 1.10 bits per heavy atom. The van der Waals surface area contributed by atoms with Crippen LogP contribution < -0.4 is 5.32 Å². The fourth-order valence-corrected chi connectivity index (χ4v) is 2.80. The van der Waals surface area contributed by atoms with Gasteiger partial charge in [-0.1, -0.05) is 6.07 Å². The van der Waals surface area contributed by atoms with Crippen LogP contribution in [-0.2, 0) is 11.3 Å². The van der Waals surface area contributed by atoms with Crippen molar-refractivity contribution in [1.29, 1.82) is 0 Å². The number of carbonyl (C=O) groups is 1. The minimum absolute atomic E-state index is 0.0958. The zero-order valence-corrected chi connectivity index (χ0v) is 15.4. The van der Waals surface area contributed by atoms with Crippen LogP contribution in [0.4, 0.5) is 10.1 Å². The molecule has 0 spiro atoms. The number of anilines is 1. The molecule has 4 rings (SSSR count). The predicted octanol–water partition coefficient (Wildman–Crippen LogP) is 3.08. The molecule has 2 aromatic carbocycles. The molecule has 1 N–H and O–H groups in total. The number of nitrogens with one attached hydrogen (secondary N) is 1. The highest BCUT2D eigenvalue weighted by Crippen LogP contribution is 2.15. The van der Waals surface area contributed by atoms with E-state index >= 15 is 0 Å². The van der Waals surface area contributed by atoms with E-state index in [9.17, 15) is 9.18 Å². The van der Waals surface area contributed by atoms with Crippen molar-refractivity contribution in [3.05, 3.63) is 72.8 Å². The van der Waals surface area contributed by atoms with E-state index in [0.29, 0.717) is 36.5 Å². The predicted molar refractivity (Wildman–Crippen MR) is 105 cm³/mol. The highest BCUT2D eigenvalue weighted by molar-refractivity contribution is 5.90. The van der Waals surface area contributed by atoms with Crippen LogP contribution in [0.3, 0.4) is 0 Å². The van der Waals surface area contributed by atoms with Gasteiger partial charge in [-0.25, -0.2) is 9.07 Å². The lowest BCUT2D eigenvalue weighted by Crippen LogP contribution is -2.13. The lowest BCUT2D eigenvalue weighted by atomic mass is 10.2. The SMILES string of the molecule is O=C(CCCn1nnc(-c2ccc(F)cc2)n1)Nc1cccc(-n2cccn2)c1. The summed E-state index contributed by atoms with van der Waals surface area (Å²) in [5.41, 5.74) is 2.26. The second kappa shape index (κ2) is 8.42. The van der Waals surface area contributed by atoms with E-state index in [1.165, 1.54) is 16.9 Å². The molecule has 9 heteroatoms. The van der Waals surface area contributed by atoms with Crippen molar-refractivity contribution in [3.8, 4) is 17.1 Å². The Bertz CT molecular complexity index is 1090. The van der Waals surface area contributed by atoms with E-state index in [1.807, 2.05) is 36.5 Å². The second-order valence-electron chi connectivity index (χ2n) is 6.37. The average Bonchev–Trinajstić information content (AvgIpc) is 3.41. The van der Waals surface area contributed by atoms with Crippen LogP contribution in [0.1, 0.15) is 12.8 Å². The third-order valence-corrected chi connectivity index (χ3v) is 4.22. The van der Waals surface area contributed by atoms with Crippen LogP contribution in [0.15, 0.2) is 67.0 Å². The van der Waals surface area contributed by atoms with Gasteiger partial charge in [0, 0.05) is 30.1 Å². The van der Waals surface area contributed by atoms with Crippen LogP contribution in [0.2, 0.25) is 0 Å². The number of tetrazole rings is 1. The van der Waals surface area contributed by atoms with Gasteiger partial charge in [0.25, 0.3) is 0 Å². The molecule has 8 nitrogen and oxygen atoms in total. The number of amides is 1. The van der Waals surface area contributed by atoms with Gasteiger partial charge in [-0.05, 0) is 60.2 Å². The molecule has 0 aliphatic rings. The highest BCUT2D eigenvalue weighted by atomic mass is 19.1. The Labute approximate surface area is 166 Å². The smallest absolute Gasteiger partial charge is 0.224 e. The van der Waals surface area contributed by atoms with Crippen LogP contribution >= 0.6 is 0 Å². The van der Waals surface area contributed by atoms with Crippen molar-refractivity contribution in [3.63, 3.8) is 0 Å². The number of benzene rings is 2. The Morgan fingerprint density at radius 2 is 1.97 bits per heavy atom. The van der Waals surface area contributed by atoms with E-state index in [-0.39, 0.29) is 11.7 Å².